The van der Waals surface area contributed by atoms with Gasteiger partial charge < -0.3 is 5.32 Å². The molecule has 0 fully saturated rings. The summed E-state index contributed by atoms with van der Waals surface area (Å²) in [6, 6.07) is 0. The largest absolute Gasteiger partial charge is 0.351 e. The van der Waals surface area contributed by atoms with Crippen LogP contribution in [0.2, 0.25) is 0 Å². The first-order chi connectivity index (χ1) is 9.53. The van der Waals surface area contributed by atoms with E-state index >= 15 is 0 Å². The molecule has 0 aliphatic carbocycles. The van der Waals surface area contributed by atoms with Gasteiger partial charge in [0.1, 0.15) is 0 Å². The number of hydrogen-bond donors (Lipinski definition) is 1. The van der Waals surface area contributed by atoms with Crippen LogP contribution in [0.4, 0.5) is 0 Å². The monoisotopic (exact) mass is 294 g/mol. The molecule has 5 nitrogen and oxygen atoms in total. The maximum atomic E-state index is 12.2. The maximum absolute atomic E-state index is 12.2. The molecule has 6 heteroatoms. The molecule has 20 heavy (non-hydrogen) atoms. The van der Waals surface area contributed by atoms with E-state index in [1.807, 2.05) is 0 Å². The van der Waals surface area contributed by atoms with Gasteiger partial charge in [0, 0.05) is 24.8 Å². The summed E-state index contributed by atoms with van der Waals surface area (Å²) in [4.78, 5) is 16.2. The molecular weight excluding hydrogens is 276 g/mol. The van der Waals surface area contributed by atoms with E-state index < -0.39 is 0 Å². The van der Waals surface area contributed by atoms with Gasteiger partial charge in [-0.3, -0.25) is 9.78 Å². The molecule has 0 saturated heterocycles. The Morgan fingerprint density at radius 2 is 2.25 bits per heavy atom. The fraction of sp³-hybridized carbons (Fsp3) is 0.500. The number of halogens is 1. The van der Waals surface area contributed by atoms with Crippen LogP contribution in [0.5, 0.6) is 0 Å². The normalized spacial score (nSPS) is 11.8. The summed E-state index contributed by atoms with van der Waals surface area (Å²) in [5.74, 6) is 0.531. The minimum atomic E-state index is -0.119. The number of amides is 1. The molecule has 0 radical (unpaired) electrons. The zero-order valence-electron chi connectivity index (χ0n) is 11.8. The maximum Gasteiger partial charge on any atom is 0.255 e. The molecule has 0 bridgehead atoms. The van der Waals surface area contributed by atoms with E-state index in [1.165, 1.54) is 0 Å². The van der Waals surface area contributed by atoms with E-state index in [-0.39, 0.29) is 11.3 Å². The summed E-state index contributed by atoms with van der Waals surface area (Å²) in [5, 5.41) is 7.10. The molecule has 2 aromatic rings. The lowest BCUT2D eigenvalue weighted by Crippen LogP contribution is -2.34. The Morgan fingerprint density at radius 3 is 3.00 bits per heavy atom. The van der Waals surface area contributed by atoms with Crippen molar-refractivity contribution in [3.05, 3.63) is 30.4 Å². The Balaban J connectivity index is 2.02. The van der Waals surface area contributed by atoms with E-state index in [4.69, 9.17) is 11.6 Å². The molecule has 0 unspecified atom stereocenters. The highest BCUT2D eigenvalue weighted by atomic mass is 35.5. The van der Waals surface area contributed by atoms with Gasteiger partial charge in [0.05, 0.1) is 23.5 Å². The molecule has 2 aromatic heterocycles. The predicted molar refractivity (Wildman–Crippen MR) is 79.1 cm³/mol. The zero-order chi connectivity index (χ0) is 14.6. The van der Waals surface area contributed by atoms with Crippen molar-refractivity contribution >= 4 is 23.0 Å². The molecule has 0 saturated carbocycles. The van der Waals surface area contributed by atoms with Crippen LogP contribution in [-0.4, -0.2) is 32.9 Å². The summed E-state index contributed by atoms with van der Waals surface area (Å²) in [6.07, 6.45) is 8.49. The van der Waals surface area contributed by atoms with Crippen LogP contribution >= 0.6 is 11.6 Å². The SMILES string of the molecule is CC(C)(CCCCl)CNC(=O)c1cnn2ccncc12. The summed E-state index contributed by atoms with van der Waals surface area (Å²) in [7, 11) is 0. The van der Waals surface area contributed by atoms with E-state index in [0.29, 0.717) is 23.5 Å². The van der Waals surface area contributed by atoms with E-state index in [0.717, 1.165) is 12.8 Å². The van der Waals surface area contributed by atoms with Crippen LogP contribution in [-0.2, 0) is 0 Å². The third-order valence-corrected chi connectivity index (χ3v) is 3.55. The van der Waals surface area contributed by atoms with Crippen LogP contribution in [0.25, 0.3) is 5.52 Å². The standard InChI is InChI=1S/C14H19ClN4O/c1-14(2,4-3-5-15)10-17-13(20)11-8-18-19-7-6-16-9-12(11)19/h6-9H,3-5,10H2,1-2H3,(H,17,20). The average Bonchev–Trinajstić information content (AvgIpc) is 2.87. The second-order valence-corrected chi connectivity index (χ2v) is 5.98. The highest BCUT2D eigenvalue weighted by Gasteiger charge is 2.20. The second-order valence-electron chi connectivity index (χ2n) is 5.60. The molecule has 1 N–H and O–H groups in total. The number of nitrogens with one attached hydrogen (secondary N) is 1. The number of aromatic nitrogens is 3. The van der Waals surface area contributed by atoms with Gasteiger partial charge in [-0.25, -0.2) is 4.52 Å². The van der Waals surface area contributed by atoms with Gasteiger partial charge in [-0.05, 0) is 18.3 Å². The lowest BCUT2D eigenvalue weighted by molar-refractivity contribution is 0.0936. The molecule has 2 rings (SSSR count). The van der Waals surface area contributed by atoms with Gasteiger partial charge >= 0.3 is 0 Å². The first kappa shape index (κ1) is 14.8. The van der Waals surface area contributed by atoms with Crippen molar-refractivity contribution in [2.75, 3.05) is 12.4 Å². The lowest BCUT2D eigenvalue weighted by atomic mass is 9.88. The molecule has 0 atom stereocenters. The minimum absolute atomic E-state index is 0.0335. The molecular formula is C14H19ClN4O. The molecule has 0 aliphatic heterocycles. The van der Waals surface area contributed by atoms with Crippen LogP contribution in [0, 0.1) is 5.41 Å². The summed E-state index contributed by atoms with van der Waals surface area (Å²) in [5.41, 5.74) is 1.29. The van der Waals surface area contributed by atoms with Gasteiger partial charge in [0.15, 0.2) is 0 Å². The topological polar surface area (TPSA) is 59.3 Å². The number of fused-ring (bicyclic) bond motifs is 1. The molecule has 108 valence electrons. The number of alkyl halides is 1. The molecule has 0 spiro atoms. The number of carbonyl (C=O) groups is 1. The average molecular weight is 295 g/mol. The van der Waals surface area contributed by atoms with Crippen molar-refractivity contribution in [3.8, 4) is 0 Å². The van der Waals surface area contributed by atoms with E-state index in [2.05, 4.69) is 29.2 Å². The zero-order valence-corrected chi connectivity index (χ0v) is 12.5. The quantitative estimate of drug-likeness (QED) is 0.833. The number of nitrogens with zero attached hydrogens (tertiary/aromatic N) is 3. The smallest absolute Gasteiger partial charge is 0.255 e. The van der Waals surface area contributed by atoms with Crippen molar-refractivity contribution in [1.29, 1.82) is 0 Å². The number of rotatable bonds is 6. The molecule has 0 aliphatic rings. The Bertz CT molecular complexity index is 594. The third kappa shape index (κ3) is 3.48. The highest BCUT2D eigenvalue weighted by molar-refractivity contribution is 6.17. The van der Waals surface area contributed by atoms with Crippen LogP contribution in [0.3, 0.4) is 0 Å². The molecule has 0 aromatic carbocycles. The Kier molecular flexibility index (Phi) is 4.60. The third-order valence-electron chi connectivity index (χ3n) is 3.28. The summed E-state index contributed by atoms with van der Waals surface area (Å²) >= 11 is 5.71. The van der Waals surface area contributed by atoms with Gasteiger partial charge in [0.25, 0.3) is 5.91 Å². The van der Waals surface area contributed by atoms with Crippen LogP contribution in [0.15, 0.2) is 24.8 Å². The first-order valence-electron chi connectivity index (χ1n) is 6.65. The lowest BCUT2D eigenvalue weighted by Gasteiger charge is -2.24. The van der Waals surface area contributed by atoms with Crippen molar-refractivity contribution in [3.63, 3.8) is 0 Å². The second kappa shape index (κ2) is 6.22. The highest BCUT2D eigenvalue weighted by Crippen LogP contribution is 2.21. The van der Waals surface area contributed by atoms with Crippen molar-refractivity contribution in [2.24, 2.45) is 5.41 Å². The fourth-order valence-electron chi connectivity index (χ4n) is 2.06. The number of hydrogen-bond acceptors (Lipinski definition) is 3. The molecule has 2 heterocycles. The Hall–Kier alpha value is -1.62. The van der Waals surface area contributed by atoms with Crippen LogP contribution in [0.1, 0.15) is 37.0 Å². The molecule has 1 amide bonds. The predicted octanol–water partition coefficient (Wildman–Crippen LogP) is 2.50. The first-order valence-corrected chi connectivity index (χ1v) is 7.18. The Labute approximate surface area is 123 Å². The Morgan fingerprint density at radius 1 is 1.45 bits per heavy atom. The van der Waals surface area contributed by atoms with Gasteiger partial charge in [0.2, 0.25) is 0 Å². The van der Waals surface area contributed by atoms with E-state index in [1.54, 1.807) is 29.3 Å². The van der Waals surface area contributed by atoms with Gasteiger partial charge in [-0.15, -0.1) is 11.6 Å². The van der Waals surface area contributed by atoms with Gasteiger partial charge in [-0.1, -0.05) is 13.8 Å². The fourth-order valence-corrected chi connectivity index (χ4v) is 2.19. The summed E-state index contributed by atoms with van der Waals surface area (Å²) < 4.78 is 1.64. The number of carbonyl (C=O) groups excluding carboxylic acids is 1. The van der Waals surface area contributed by atoms with Gasteiger partial charge in [-0.2, -0.15) is 5.10 Å². The van der Waals surface area contributed by atoms with E-state index in [9.17, 15) is 4.79 Å². The van der Waals surface area contributed by atoms with Crippen molar-refractivity contribution in [1.82, 2.24) is 19.9 Å². The van der Waals surface area contributed by atoms with Crippen LogP contribution < -0.4 is 5.32 Å². The summed E-state index contributed by atoms with van der Waals surface area (Å²) in [6.45, 7) is 4.86. The minimum Gasteiger partial charge on any atom is -0.351 e. The van der Waals surface area contributed by atoms with Crippen molar-refractivity contribution < 1.29 is 4.79 Å². The van der Waals surface area contributed by atoms with Crippen molar-refractivity contribution in [2.45, 2.75) is 26.7 Å².